The van der Waals surface area contributed by atoms with Crippen LogP contribution >= 0.6 is 0 Å². The van der Waals surface area contributed by atoms with E-state index in [2.05, 4.69) is 15.2 Å². The van der Waals surface area contributed by atoms with E-state index in [4.69, 9.17) is 4.74 Å². The van der Waals surface area contributed by atoms with E-state index in [1.165, 1.54) is 32.4 Å². The second-order valence-corrected chi connectivity index (χ2v) is 5.36. The Kier molecular flexibility index (Phi) is 3.34. The fourth-order valence-corrected chi connectivity index (χ4v) is 3.44. The molecule has 0 radical (unpaired) electrons. The lowest BCUT2D eigenvalue weighted by molar-refractivity contribution is 0.0736. The van der Waals surface area contributed by atoms with E-state index < -0.39 is 0 Å². The minimum Gasteiger partial charge on any atom is -0.478 e. The summed E-state index contributed by atoms with van der Waals surface area (Å²) in [5, 5.41) is 3.46. The zero-order chi connectivity index (χ0) is 11.6. The summed E-state index contributed by atoms with van der Waals surface area (Å²) in [6.45, 7) is 6.29. The maximum absolute atomic E-state index is 5.83. The molecule has 2 fully saturated rings. The molecule has 4 heteroatoms. The predicted molar refractivity (Wildman–Crippen MR) is 68.5 cm³/mol. The van der Waals surface area contributed by atoms with Gasteiger partial charge < -0.3 is 10.1 Å². The van der Waals surface area contributed by atoms with Crippen molar-refractivity contribution in [3.8, 4) is 0 Å². The molecule has 0 aliphatic carbocycles. The molecule has 0 spiro atoms. The van der Waals surface area contributed by atoms with Crippen molar-refractivity contribution in [3.05, 3.63) is 0 Å². The molecule has 0 unspecified atom stereocenters. The van der Waals surface area contributed by atoms with Crippen LogP contribution in [0.5, 0.6) is 0 Å². The zero-order valence-electron chi connectivity index (χ0n) is 10.6. The Bertz CT molecular complexity index is 291. The van der Waals surface area contributed by atoms with Crippen molar-refractivity contribution in [2.45, 2.75) is 37.6 Å². The Morgan fingerprint density at radius 3 is 2.53 bits per heavy atom. The molecule has 1 N–H and O–H groups in total. The van der Waals surface area contributed by atoms with E-state index in [0.717, 1.165) is 45.0 Å². The fraction of sp³-hybridized carbons (Fsp3) is 0.923. The van der Waals surface area contributed by atoms with Crippen molar-refractivity contribution in [2.24, 2.45) is 4.99 Å². The Hall–Kier alpha value is -0.610. The molecule has 3 rings (SSSR count). The average molecular weight is 237 g/mol. The first kappa shape index (κ1) is 11.5. The monoisotopic (exact) mass is 237 g/mol. The van der Waals surface area contributed by atoms with Crippen LogP contribution in [0.15, 0.2) is 4.99 Å². The maximum atomic E-state index is 5.83. The van der Waals surface area contributed by atoms with Crippen LogP contribution in [-0.2, 0) is 4.74 Å². The van der Waals surface area contributed by atoms with Crippen molar-refractivity contribution in [1.82, 2.24) is 10.2 Å². The Balaban J connectivity index is 1.83. The van der Waals surface area contributed by atoms with Gasteiger partial charge in [-0.2, -0.15) is 0 Å². The van der Waals surface area contributed by atoms with E-state index in [1.807, 2.05) is 0 Å². The summed E-state index contributed by atoms with van der Waals surface area (Å²) in [6, 6.07) is 0. The summed E-state index contributed by atoms with van der Waals surface area (Å²) in [4.78, 5) is 7.29. The maximum Gasteiger partial charge on any atom is 0.204 e. The summed E-state index contributed by atoms with van der Waals surface area (Å²) in [5.41, 5.74) is 0.127. The molecule has 3 heterocycles. The van der Waals surface area contributed by atoms with Crippen molar-refractivity contribution in [1.29, 1.82) is 0 Å². The first-order valence-electron chi connectivity index (χ1n) is 7.05. The van der Waals surface area contributed by atoms with Crippen LogP contribution in [0.4, 0.5) is 0 Å². The summed E-state index contributed by atoms with van der Waals surface area (Å²) >= 11 is 0. The smallest absolute Gasteiger partial charge is 0.204 e. The van der Waals surface area contributed by atoms with E-state index in [1.54, 1.807) is 0 Å². The van der Waals surface area contributed by atoms with Gasteiger partial charge in [0.05, 0.1) is 12.1 Å². The second kappa shape index (κ2) is 4.94. The van der Waals surface area contributed by atoms with E-state index in [9.17, 15) is 0 Å². The third-order valence-electron chi connectivity index (χ3n) is 4.38. The molecule has 0 aromatic carbocycles. The van der Waals surface area contributed by atoms with Gasteiger partial charge in [-0.05, 0) is 51.9 Å². The Labute approximate surface area is 103 Å². The number of aliphatic imine (C=N–C) groups is 1. The third-order valence-corrected chi connectivity index (χ3v) is 4.38. The molecule has 2 saturated heterocycles. The predicted octanol–water partition coefficient (Wildman–Crippen LogP) is 1.02. The molecule has 3 aliphatic heterocycles. The number of hydrogen-bond donors (Lipinski definition) is 1. The molecule has 0 saturated carbocycles. The van der Waals surface area contributed by atoms with Gasteiger partial charge >= 0.3 is 0 Å². The van der Waals surface area contributed by atoms with Crippen LogP contribution < -0.4 is 5.32 Å². The lowest BCUT2D eigenvalue weighted by Gasteiger charge is -2.47. The number of piperidine rings is 2. The lowest BCUT2D eigenvalue weighted by atomic mass is 9.84. The molecule has 96 valence electrons. The van der Waals surface area contributed by atoms with Crippen LogP contribution in [-0.4, -0.2) is 55.7 Å². The second-order valence-electron chi connectivity index (χ2n) is 5.36. The van der Waals surface area contributed by atoms with Gasteiger partial charge in [0.15, 0.2) is 0 Å². The number of nitrogens with one attached hydrogen (secondary N) is 1. The third kappa shape index (κ3) is 2.08. The number of rotatable bonds is 2. The van der Waals surface area contributed by atoms with Gasteiger partial charge in [-0.25, -0.2) is 0 Å². The van der Waals surface area contributed by atoms with Crippen LogP contribution in [0.2, 0.25) is 0 Å². The van der Waals surface area contributed by atoms with Gasteiger partial charge in [-0.1, -0.05) is 6.42 Å². The summed E-state index contributed by atoms with van der Waals surface area (Å²) < 4.78 is 5.83. The van der Waals surface area contributed by atoms with Crippen LogP contribution in [0.1, 0.15) is 32.1 Å². The highest BCUT2D eigenvalue weighted by molar-refractivity contribution is 5.87. The molecule has 0 aromatic rings. The van der Waals surface area contributed by atoms with E-state index >= 15 is 0 Å². The van der Waals surface area contributed by atoms with Gasteiger partial charge in [-0.15, -0.1) is 0 Å². The topological polar surface area (TPSA) is 36.9 Å². The average Bonchev–Trinajstić information content (AvgIpc) is 2.95. The van der Waals surface area contributed by atoms with Gasteiger partial charge in [0, 0.05) is 0 Å². The van der Waals surface area contributed by atoms with Gasteiger partial charge in [-0.3, -0.25) is 9.89 Å². The summed E-state index contributed by atoms with van der Waals surface area (Å²) in [6.07, 6.45) is 6.38. The van der Waals surface area contributed by atoms with Gasteiger partial charge in [0.2, 0.25) is 5.90 Å². The highest BCUT2D eigenvalue weighted by Gasteiger charge is 2.45. The molecule has 0 bridgehead atoms. The van der Waals surface area contributed by atoms with Crippen LogP contribution in [0.25, 0.3) is 0 Å². The molecular formula is C13H23N3O. The first-order chi connectivity index (χ1) is 8.42. The number of likely N-dealkylation sites (tertiary alicyclic amines) is 1. The lowest BCUT2D eigenvalue weighted by Crippen LogP contribution is -2.60. The Morgan fingerprint density at radius 2 is 1.88 bits per heavy atom. The molecular weight excluding hydrogens is 214 g/mol. The van der Waals surface area contributed by atoms with Crippen molar-refractivity contribution >= 4 is 5.90 Å². The number of hydrogen-bond acceptors (Lipinski definition) is 4. The minimum atomic E-state index is 0.127. The first-order valence-corrected chi connectivity index (χ1v) is 7.05. The normalized spacial score (nSPS) is 29.8. The fourth-order valence-electron chi connectivity index (χ4n) is 3.44. The zero-order valence-corrected chi connectivity index (χ0v) is 10.6. The molecule has 4 nitrogen and oxygen atoms in total. The molecule has 17 heavy (non-hydrogen) atoms. The minimum absolute atomic E-state index is 0.127. The van der Waals surface area contributed by atoms with Crippen LogP contribution in [0, 0.1) is 0 Å². The SMILES string of the molecule is C1CCN(C2(C3=NCCO3)CCNCC2)CC1. The molecule has 0 amide bonds. The summed E-state index contributed by atoms with van der Waals surface area (Å²) in [7, 11) is 0. The van der Waals surface area contributed by atoms with Gasteiger partial charge in [0.25, 0.3) is 0 Å². The van der Waals surface area contributed by atoms with Crippen molar-refractivity contribution in [3.63, 3.8) is 0 Å². The van der Waals surface area contributed by atoms with E-state index in [-0.39, 0.29) is 5.54 Å². The quantitative estimate of drug-likeness (QED) is 0.779. The summed E-state index contributed by atoms with van der Waals surface area (Å²) in [5.74, 6) is 1.04. The van der Waals surface area contributed by atoms with Gasteiger partial charge in [0.1, 0.15) is 6.61 Å². The standard InChI is InChI=1S/C13H23N3O/c1-2-9-16(10-3-1)13(4-6-14-7-5-13)12-15-8-11-17-12/h14H,1-11H2. The van der Waals surface area contributed by atoms with Crippen molar-refractivity contribution < 1.29 is 4.74 Å². The molecule has 0 aromatic heterocycles. The largest absolute Gasteiger partial charge is 0.478 e. The highest BCUT2D eigenvalue weighted by Crippen LogP contribution is 2.32. The molecule has 3 aliphatic rings. The van der Waals surface area contributed by atoms with Crippen molar-refractivity contribution in [2.75, 3.05) is 39.3 Å². The highest BCUT2D eigenvalue weighted by atomic mass is 16.5. The van der Waals surface area contributed by atoms with Crippen LogP contribution in [0.3, 0.4) is 0 Å². The number of ether oxygens (including phenoxy) is 1. The number of nitrogens with zero attached hydrogens (tertiary/aromatic N) is 2. The Morgan fingerprint density at radius 1 is 1.12 bits per heavy atom. The molecule has 0 atom stereocenters. The van der Waals surface area contributed by atoms with E-state index in [0.29, 0.717) is 0 Å².